The summed E-state index contributed by atoms with van der Waals surface area (Å²) in [4.78, 5) is 0. The summed E-state index contributed by atoms with van der Waals surface area (Å²) in [5, 5.41) is -0.742. The van der Waals surface area contributed by atoms with Crippen molar-refractivity contribution in [2.75, 3.05) is 0 Å². The van der Waals surface area contributed by atoms with Gasteiger partial charge in [-0.25, -0.2) is 0 Å². The van der Waals surface area contributed by atoms with Crippen LogP contribution in [0.4, 0.5) is 0 Å². The Morgan fingerprint density at radius 2 is 2.38 bits per heavy atom. The molecule has 0 aromatic heterocycles. The van der Waals surface area contributed by atoms with Crippen molar-refractivity contribution in [1.29, 1.82) is 0 Å². The van der Waals surface area contributed by atoms with Gasteiger partial charge in [0.1, 0.15) is 11.9 Å². The molecule has 0 heterocycles. The Balaban J connectivity index is 3.92. The van der Waals surface area contributed by atoms with Gasteiger partial charge in [-0.2, -0.15) is 0 Å². The van der Waals surface area contributed by atoms with Crippen LogP contribution in [-0.4, -0.2) is 14.0 Å². The van der Waals surface area contributed by atoms with Gasteiger partial charge in [0, 0.05) is 22.9 Å². The third-order valence-corrected chi connectivity index (χ3v) is 1.23. The van der Waals surface area contributed by atoms with E-state index >= 15 is 0 Å². The Bertz CT molecular complexity index is 124. The molecule has 0 bridgehead atoms. The van der Waals surface area contributed by atoms with Crippen LogP contribution in [0.25, 0.3) is 0 Å². The number of halogens is 2. The SMILES string of the molecule is O=S([O-])/C(=N/Cl)OCl. The lowest BCUT2D eigenvalue weighted by molar-refractivity contribution is 0.533. The zero-order chi connectivity index (χ0) is 6.57. The Labute approximate surface area is 58.0 Å². The highest BCUT2D eigenvalue weighted by Crippen LogP contribution is 1.92. The zero-order valence-electron chi connectivity index (χ0n) is 3.34. The maximum Gasteiger partial charge on any atom is 0.300 e. The number of nitrogens with zero attached hydrogens (tertiary/aromatic N) is 1. The predicted molar refractivity (Wildman–Crippen MR) is 29.1 cm³/mol. The summed E-state index contributed by atoms with van der Waals surface area (Å²) in [5.41, 5.74) is 0. The van der Waals surface area contributed by atoms with Crippen LogP contribution in [0.3, 0.4) is 0 Å². The molecule has 1 unspecified atom stereocenters. The molecule has 0 spiro atoms. The third kappa shape index (κ3) is 2.46. The fourth-order valence-electron chi connectivity index (χ4n) is 0.0669. The monoisotopic (exact) mass is 176 g/mol. The first-order chi connectivity index (χ1) is 3.72. The van der Waals surface area contributed by atoms with Gasteiger partial charge in [-0.3, -0.25) is 4.21 Å². The average Bonchev–Trinajstić information content (AvgIpc) is 1.69. The van der Waals surface area contributed by atoms with Gasteiger partial charge >= 0.3 is 5.23 Å². The van der Waals surface area contributed by atoms with Crippen molar-refractivity contribution in [2.45, 2.75) is 0 Å². The van der Waals surface area contributed by atoms with E-state index < -0.39 is 16.3 Å². The largest absolute Gasteiger partial charge is 0.765 e. The topological polar surface area (TPSA) is 61.7 Å². The highest BCUT2D eigenvalue weighted by molar-refractivity contribution is 7.95. The second-order valence-electron chi connectivity index (χ2n) is 0.662. The first kappa shape index (κ1) is 8.16. The van der Waals surface area contributed by atoms with E-state index in [9.17, 15) is 8.76 Å². The van der Waals surface area contributed by atoms with E-state index in [4.69, 9.17) is 0 Å². The summed E-state index contributed by atoms with van der Waals surface area (Å²) in [5.74, 6) is 0. The maximum atomic E-state index is 9.74. The molecular formula is CCl2NO3S-. The van der Waals surface area contributed by atoms with E-state index in [1.807, 2.05) is 0 Å². The molecule has 0 aromatic rings. The smallest absolute Gasteiger partial charge is 0.300 e. The highest BCUT2D eigenvalue weighted by atomic mass is 35.5. The van der Waals surface area contributed by atoms with Gasteiger partial charge in [0.25, 0.3) is 0 Å². The molecular weight excluding hydrogens is 177 g/mol. The Morgan fingerprint density at radius 1 is 1.88 bits per heavy atom. The normalized spacial score (nSPS) is 15.6. The van der Waals surface area contributed by atoms with E-state index in [2.05, 4.69) is 32.4 Å². The van der Waals surface area contributed by atoms with Crippen molar-refractivity contribution in [2.24, 2.45) is 4.51 Å². The van der Waals surface area contributed by atoms with Crippen molar-refractivity contribution in [3.63, 3.8) is 0 Å². The predicted octanol–water partition coefficient (Wildman–Crippen LogP) is 0.546. The maximum absolute atomic E-state index is 9.74. The quantitative estimate of drug-likeness (QED) is 0.308. The molecule has 0 rings (SSSR count). The summed E-state index contributed by atoms with van der Waals surface area (Å²) in [6, 6.07) is 0. The fourth-order valence-corrected chi connectivity index (χ4v) is 0.602. The van der Waals surface area contributed by atoms with Gasteiger partial charge in [0.15, 0.2) is 0 Å². The molecule has 0 aliphatic carbocycles. The van der Waals surface area contributed by atoms with Crippen LogP contribution in [0.2, 0.25) is 0 Å². The number of hydrogen-bond acceptors (Lipinski definition) is 4. The highest BCUT2D eigenvalue weighted by Gasteiger charge is 1.95. The van der Waals surface area contributed by atoms with E-state index in [-0.39, 0.29) is 0 Å². The molecule has 0 radical (unpaired) electrons. The van der Waals surface area contributed by atoms with Crippen molar-refractivity contribution in [3.05, 3.63) is 0 Å². The van der Waals surface area contributed by atoms with Crippen molar-refractivity contribution in [1.82, 2.24) is 0 Å². The molecule has 7 heteroatoms. The summed E-state index contributed by atoms with van der Waals surface area (Å²) >= 11 is 6.61. The van der Waals surface area contributed by atoms with Crippen LogP contribution in [0.5, 0.6) is 0 Å². The molecule has 4 nitrogen and oxygen atoms in total. The molecule has 0 saturated carbocycles. The van der Waals surface area contributed by atoms with Crippen LogP contribution >= 0.6 is 23.6 Å². The molecule has 48 valence electrons. The minimum atomic E-state index is -2.59. The molecule has 0 saturated heterocycles. The lowest BCUT2D eigenvalue weighted by atomic mass is 11.5. The Hall–Kier alpha value is 0.160. The van der Waals surface area contributed by atoms with Crippen LogP contribution < -0.4 is 0 Å². The molecule has 0 fully saturated rings. The van der Waals surface area contributed by atoms with Gasteiger partial charge in [-0.1, -0.05) is 0 Å². The molecule has 0 N–H and O–H groups in total. The average molecular weight is 177 g/mol. The second-order valence-corrected chi connectivity index (χ2v) is 1.80. The van der Waals surface area contributed by atoms with E-state index in [0.717, 1.165) is 0 Å². The third-order valence-electron chi connectivity index (χ3n) is 0.278. The summed E-state index contributed by atoms with van der Waals surface area (Å²) in [7, 11) is 0. The lowest BCUT2D eigenvalue weighted by Gasteiger charge is -1.99. The van der Waals surface area contributed by atoms with E-state index in [1.54, 1.807) is 0 Å². The Morgan fingerprint density at radius 3 is 2.38 bits per heavy atom. The molecule has 0 aliphatic heterocycles. The fraction of sp³-hybridized carbons (Fsp3) is 0. The van der Waals surface area contributed by atoms with Gasteiger partial charge in [0.05, 0.1) is 0 Å². The van der Waals surface area contributed by atoms with Crippen LogP contribution in [0, 0.1) is 0 Å². The number of hydrogen-bond donors (Lipinski definition) is 0. The molecule has 1 atom stereocenters. The van der Waals surface area contributed by atoms with Crippen LogP contribution in [-0.2, 0) is 15.4 Å². The van der Waals surface area contributed by atoms with Crippen LogP contribution in [0.15, 0.2) is 4.51 Å². The van der Waals surface area contributed by atoms with Gasteiger partial charge < -0.3 is 8.84 Å². The second kappa shape index (κ2) is 4.08. The zero-order valence-corrected chi connectivity index (χ0v) is 5.66. The standard InChI is InChI=1S/CHCl2NO3S/c2-4-1(7-3)8(5)6/h(H,5,6)/p-1/b4-1+. The lowest BCUT2D eigenvalue weighted by Crippen LogP contribution is -2.04. The Kier molecular flexibility index (Phi) is 4.16. The van der Waals surface area contributed by atoms with Crippen molar-refractivity contribution in [3.8, 4) is 0 Å². The van der Waals surface area contributed by atoms with E-state index in [0.29, 0.717) is 0 Å². The van der Waals surface area contributed by atoms with E-state index in [1.165, 1.54) is 0 Å². The minimum absolute atomic E-state index is 0.742. The molecule has 0 aromatic carbocycles. The number of rotatable bonds is 0. The summed E-state index contributed by atoms with van der Waals surface area (Å²) in [6.45, 7) is 0. The molecule has 0 amide bonds. The summed E-state index contributed by atoms with van der Waals surface area (Å²) < 4.78 is 25.7. The minimum Gasteiger partial charge on any atom is -0.765 e. The first-order valence-corrected chi connectivity index (χ1v) is 3.01. The van der Waals surface area contributed by atoms with Crippen molar-refractivity contribution < 1.29 is 13.1 Å². The van der Waals surface area contributed by atoms with Gasteiger partial charge in [0.2, 0.25) is 0 Å². The van der Waals surface area contributed by atoms with Crippen molar-refractivity contribution >= 4 is 40.0 Å². The summed E-state index contributed by atoms with van der Waals surface area (Å²) in [6.07, 6.45) is 0. The van der Waals surface area contributed by atoms with Crippen LogP contribution in [0.1, 0.15) is 0 Å². The molecule has 8 heavy (non-hydrogen) atoms. The van der Waals surface area contributed by atoms with Gasteiger partial charge in [-0.05, 0) is 0 Å². The molecule has 0 aliphatic rings. The first-order valence-electron chi connectivity index (χ1n) is 1.29. The van der Waals surface area contributed by atoms with Gasteiger partial charge in [-0.15, -0.1) is 4.51 Å².